The highest BCUT2D eigenvalue weighted by atomic mass is 32.2. The second-order valence-electron chi connectivity index (χ2n) is 3.42. The highest BCUT2D eigenvalue weighted by Crippen LogP contribution is 2.28. The molecule has 0 aliphatic carbocycles. The molecule has 0 saturated heterocycles. The van der Waals surface area contributed by atoms with Crippen molar-refractivity contribution in [2.75, 3.05) is 24.7 Å². The van der Waals surface area contributed by atoms with Crippen molar-refractivity contribution < 1.29 is 14.6 Å². The zero-order chi connectivity index (χ0) is 12.5. The number of rotatable bonds is 8. The molecule has 0 spiro atoms. The maximum atomic E-state index is 9.07. The smallest absolute Gasteiger partial charge is 0.161 e. The molecule has 4 heteroatoms. The van der Waals surface area contributed by atoms with Crippen LogP contribution in [-0.4, -0.2) is 29.8 Å². The van der Waals surface area contributed by atoms with Crippen molar-refractivity contribution in [3.05, 3.63) is 23.8 Å². The number of benzene rings is 1. The summed E-state index contributed by atoms with van der Waals surface area (Å²) in [6.45, 7) is 5.35. The minimum absolute atomic E-state index is 0.0199. The Labute approximate surface area is 107 Å². The van der Waals surface area contributed by atoms with Gasteiger partial charge in [-0.2, -0.15) is 11.8 Å². The van der Waals surface area contributed by atoms with Crippen LogP contribution in [0, 0.1) is 0 Å². The lowest BCUT2D eigenvalue weighted by Crippen LogP contribution is -2.03. The van der Waals surface area contributed by atoms with Gasteiger partial charge in [0.1, 0.15) is 0 Å². The predicted molar refractivity (Wildman–Crippen MR) is 72.0 cm³/mol. The van der Waals surface area contributed by atoms with Gasteiger partial charge in [-0.05, 0) is 30.4 Å². The number of aliphatic hydroxyl groups excluding tert-OH is 1. The molecule has 1 N–H and O–H groups in total. The van der Waals surface area contributed by atoms with E-state index in [1.165, 1.54) is 0 Å². The van der Waals surface area contributed by atoms with Gasteiger partial charge in [-0.3, -0.25) is 0 Å². The van der Waals surface area contributed by atoms with Gasteiger partial charge in [-0.1, -0.05) is 13.0 Å². The third kappa shape index (κ3) is 4.88. The summed E-state index contributed by atoms with van der Waals surface area (Å²) < 4.78 is 11.2. The molecule has 0 aromatic heterocycles. The van der Waals surface area contributed by atoms with Crippen LogP contribution in [0.3, 0.4) is 0 Å². The third-order valence-electron chi connectivity index (χ3n) is 2.18. The Kier molecular flexibility index (Phi) is 6.89. The van der Waals surface area contributed by atoms with Crippen LogP contribution in [0.2, 0.25) is 0 Å². The van der Waals surface area contributed by atoms with E-state index >= 15 is 0 Å². The minimum atomic E-state index is 0.0199. The summed E-state index contributed by atoms with van der Waals surface area (Å²) in [6, 6.07) is 5.53. The largest absolute Gasteiger partial charge is 0.490 e. The van der Waals surface area contributed by atoms with E-state index in [0.717, 1.165) is 22.8 Å². The number of ether oxygens (including phenoxy) is 2. The Morgan fingerprint density at radius 3 is 2.65 bits per heavy atom. The Morgan fingerprint density at radius 2 is 2.00 bits per heavy atom. The molecule has 0 amide bonds. The van der Waals surface area contributed by atoms with Crippen molar-refractivity contribution in [2.24, 2.45) is 0 Å². The minimum Gasteiger partial charge on any atom is -0.490 e. The summed E-state index contributed by atoms with van der Waals surface area (Å²) in [4.78, 5) is 0. The standard InChI is InChI=1S/C13H20O3S/c1-3-15-13-9-11(10-14)5-6-12(13)16-7-8-17-4-2/h5-6,9,14H,3-4,7-8,10H2,1-2H3. The molecule has 0 heterocycles. The van der Waals surface area contributed by atoms with Crippen LogP contribution in [0.25, 0.3) is 0 Å². The van der Waals surface area contributed by atoms with Crippen molar-refractivity contribution in [2.45, 2.75) is 20.5 Å². The van der Waals surface area contributed by atoms with E-state index in [9.17, 15) is 0 Å². The Hall–Kier alpha value is -0.870. The van der Waals surface area contributed by atoms with Crippen molar-refractivity contribution in [1.29, 1.82) is 0 Å². The molecule has 0 unspecified atom stereocenters. The second kappa shape index (κ2) is 8.25. The molecular formula is C13H20O3S. The van der Waals surface area contributed by atoms with Crippen LogP contribution >= 0.6 is 11.8 Å². The monoisotopic (exact) mass is 256 g/mol. The number of hydrogen-bond acceptors (Lipinski definition) is 4. The summed E-state index contributed by atoms with van der Waals surface area (Å²) >= 11 is 1.85. The van der Waals surface area contributed by atoms with Gasteiger partial charge < -0.3 is 14.6 Å². The van der Waals surface area contributed by atoms with Gasteiger partial charge in [0.2, 0.25) is 0 Å². The molecule has 1 aromatic carbocycles. The summed E-state index contributed by atoms with van der Waals surface area (Å²) in [7, 11) is 0. The molecular weight excluding hydrogens is 236 g/mol. The Morgan fingerprint density at radius 1 is 1.18 bits per heavy atom. The normalized spacial score (nSPS) is 10.3. The third-order valence-corrected chi connectivity index (χ3v) is 3.04. The van der Waals surface area contributed by atoms with Crippen LogP contribution < -0.4 is 9.47 Å². The second-order valence-corrected chi connectivity index (χ2v) is 4.81. The summed E-state index contributed by atoms with van der Waals surface area (Å²) in [6.07, 6.45) is 0. The van der Waals surface area contributed by atoms with Gasteiger partial charge in [0, 0.05) is 5.75 Å². The van der Waals surface area contributed by atoms with E-state index < -0.39 is 0 Å². The SMILES string of the molecule is CCOc1cc(CO)ccc1OCCSCC. The topological polar surface area (TPSA) is 38.7 Å². The van der Waals surface area contributed by atoms with Crippen molar-refractivity contribution >= 4 is 11.8 Å². The van der Waals surface area contributed by atoms with Crippen LogP contribution in [0.4, 0.5) is 0 Å². The molecule has 96 valence electrons. The van der Waals surface area contributed by atoms with E-state index in [-0.39, 0.29) is 6.61 Å². The van der Waals surface area contributed by atoms with E-state index in [1.54, 1.807) is 0 Å². The quantitative estimate of drug-likeness (QED) is 0.726. The van der Waals surface area contributed by atoms with Crippen LogP contribution in [-0.2, 0) is 6.61 Å². The highest BCUT2D eigenvalue weighted by molar-refractivity contribution is 7.99. The molecule has 1 rings (SSSR count). The molecule has 0 aliphatic heterocycles. The average molecular weight is 256 g/mol. The van der Waals surface area contributed by atoms with Crippen LogP contribution in [0.1, 0.15) is 19.4 Å². The van der Waals surface area contributed by atoms with Crippen LogP contribution in [0.5, 0.6) is 11.5 Å². The van der Waals surface area contributed by atoms with Crippen LogP contribution in [0.15, 0.2) is 18.2 Å². The first kappa shape index (κ1) is 14.2. The molecule has 0 radical (unpaired) electrons. The Balaban J connectivity index is 2.62. The molecule has 0 atom stereocenters. The van der Waals surface area contributed by atoms with E-state index in [2.05, 4.69) is 6.92 Å². The fourth-order valence-electron chi connectivity index (χ4n) is 1.39. The fraction of sp³-hybridized carbons (Fsp3) is 0.538. The molecule has 0 fully saturated rings. The first-order valence-corrected chi connectivity index (χ1v) is 7.04. The van der Waals surface area contributed by atoms with E-state index in [0.29, 0.717) is 19.0 Å². The lowest BCUT2D eigenvalue weighted by atomic mass is 10.2. The van der Waals surface area contributed by atoms with Crippen molar-refractivity contribution in [3.63, 3.8) is 0 Å². The lowest BCUT2D eigenvalue weighted by molar-refractivity contribution is 0.274. The zero-order valence-corrected chi connectivity index (χ0v) is 11.3. The first-order valence-electron chi connectivity index (χ1n) is 5.88. The van der Waals surface area contributed by atoms with E-state index in [4.69, 9.17) is 14.6 Å². The fourth-order valence-corrected chi connectivity index (χ4v) is 1.88. The molecule has 17 heavy (non-hydrogen) atoms. The Bertz CT molecular complexity index is 328. The van der Waals surface area contributed by atoms with Gasteiger partial charge >= 0.3 is 0 Å². The lowest BCUT2D eigenvalue weighted by Gasteiger charge is -2.12. The molecule has 0 aliphatic rings. The van der Waals surface area contributed by atoms with E-state index in [1.807, 2.05) is 36.9 Å². The zero-order valence-electron chi connectivity index (χ0n) is 10.4. The molecule has 0 saturated carbocycles. The molecule has 0 bridgehead atoms. The summed E-state index contributed by atoms with van der Waals surface area (Å²) in [5.74, 6) is 3.54. The van der Waals surface area contributed by atoms with Gasteiger partial charge in [-0.15, -0.1) is 0 Å². The number of aliphatic hydroxyl groups is 1. The first-order chi connectivity index (χ1) is 8.31. The molecule has 3 nitrogen and oxygen atoms in total. The van der Waals surface area contributed by atoms with Crippen molar-refractivity contribution in [1.82, 2.24) is 0 Å². The maximum Gasteiger partial charge on any atom is 0.161 e. The van der Waals surface area contributed by atoms with Gasteiger partial charge in [0.05, 0.1) is 19.8 Å². The maximum absolute atomic E-state index is 9.07. The summed E-state index contributed by atoms with van der Waals surface area (Å²) in [5.41, 5.74) is 0.837. The highest BCUT2D eigenvalue weighted by Gasteiger charge is 2.05. The van der Waals surface area contributed by atoms with Gasteiger partial charge in [-0.25, -0.2) is 0 Å². The number of hydrogen-bond donors (Lipinski definition) is 1. The molecule has 1 aromatic rings. The summed E-state index contributed by atoms with van der Waals surface area (Å²) in [5, 5.41) is 9.07. The van der Waals surface area contributed by atoms with Crippen molar-refractivity contribution in [3.8, 4) is 11.5 Å². The average Bonchev–Trinajstić information content (AvgIpc) is 2.36. The predicted octanol–water partition coefficient (Wildman–Crippen LogP) is 2.71. The van der Waals surface area contributed by atoms with Gasteiger partial charge in [0.15, 0.2) is 11.5 Å². The van der Waals surface area contributed by atoms with Gasteiger partial charge in [0.25, 0.3) is 0 Å². The number of thioether (sulfide) groups is 1.